The van der Waals surface area contributed by atoms with Gasteiger partial charge in [-0.25, -0.2) is 27.5 Å². The molecule has 1 aromatic rings. The summed E-state index contributed by atoms with van der Waals surface area (Å²) in [5.41, 5.74) is 3.16. The topological polar surface area (TPSA) is 87.7 Å². The highest BCUT2D eigenvalue weighted by Crippen LogP contribution is 2.47. The number of guanidine groups is 2. The van der Waals surface area contributed by atoms with Crippen LogP contribution in [0.15, 0.2) is 15.4 Å². The van der Waals surface area contributed by atoms with Gasteiger partial charge in [0.25, 0.3) is 0 Å². The van der Waals surface area contributed by atoms with Gasteiger partial charge < -0.3 is 16.4 Å². The van der Waals surface area contributed by atoms with Crippen molar-refractivity contribution in [2.24, 2.45) is 21.6 Å². The fourth-order valence-electron chi connectivity index (χ4n) is 4.51. The Morgan fingerprint density at radius 1 is 1.00 bits per heavy atom. The molecule has 2 fully saturated rings. The van der Waals surface area contributed by atoms with E-state index < -0.39 is 48.1 Å². The average Bonchev–Trinajstić information content (AvgIpc) is 3.20. The second-order valence-corrected chi connectivity index (χ2v) is 9.62. The fraction of sp³-hybridized carbons (Fsp3) is 0.737. The highest BCUT2D eigenvalue weighted by atomic mass is 32.1. The maximum absolute atomic E-state index is 13.8. The quantitative estimate of drug-likeness (QED) is 0.531. The van der Waals surface area contributed by atoms with Crippen LogP contribution in [0, 0.1) is 5.92 Å². The van der Waals surface area contributed by atoms with E-state index >= 15 is 0 Å². The Hall–Kier alpha value is -2.12. The van der Waals surface area contributed by atoms with Crippen LogP contribution >= 0.6 is 11.3 Å². The number of aromatic nitrogens is 1. The zero-order chi connectivity index (χ0) is 24.1. The number of thiazole rings is 1. The van der Waals surface area contributed by atoms with Gasteiger partial charge in [-0.05, 0) is 25.7 Å². The second-order valence-electron chi connectivity index (χ2n) is 8.76. The number of nitrogens with zero attached hydrogens (tertiary/aromatic N) is 3. The summed E-state index contributed by atoms with van der Waals surface area (Å²) in [6.45, 7) is 0. The molecule has 2 heterocycles. The molecule has 0 aromatic carbocycles. The van der Waals surface area contributed by atoms with Crippen molar-refractivity contribution in [3.63, 3.8) is 0 Å². The molecule has 0 radical (unpaired) electrons. The fourth-order valence-corrected chi connectivity index (χ4v) is 5.51. The van der Waals surface area contributed by atoms with E-state index in [-0.39, 0.29) is 61.5 Å². The summed E-state index contributed by atoms with van der Waals surface area (Å²) in [7, 11) is 0. The molecule has 4 N–H and O–H groups in total. The predicted octanol–water partition coefficient (Wildman–Crippen LogP) is 4.58. The molecule has 0 spiro atoms. The van der Waals surface area contributed by atoms with Gasteiger partial charge in [-0.2, -0.15) is 18.2 Å². The zero-order valence-corrected chi connectivity index (χ0v) is 18.2. The van der Waals surface area contributed by atoms with Crippen molar-refractivity contribution in [3.8, 4) is 0 Å². The lowest BCUT2D eigenvalue weighted by Gasteiger charge is -2.43. The van der Waals surface area contributed by atoms with Gasteiger partial charge in [-0.15, -0.1) is 11.3 Å². The molecule has 0 saturated heterocycles. The smallest absolute Gasteiger partial charge is 0.368 e. The molecule has 33 heavy (non-hydrogen) atoms. The summed E-state index contributed by atoms with van der Waals surface area (Å²) in [6.07, 6.45) is -5.97. The minimum Gasteiger partial charge on any atom is -0.368 e. The van der Waals surface area contributed by atoms with E-state index in [2.05, 4.69) is 25.6 Å². The Kier molecular flexibility index (Phi) is 6.02. The minimum absolute atomic E-state index is 0.0271. The van der Waals surface area contributed by atoms with Gasteiger partial charge >= 0.3 is 6.18 Å². The van der Waals surface area contributed by atoms with Crippen LogP contribution in [0.1, 0.15) is 62.1 Å². The Morgan fingerprint density at radius 3 is 2.12 bits per heavy atom. The molecule has 184 valence electrons. The maximum atomic E-state index is 13.8. The third-order valence-corrected chi connectivity index (χ3v) is 7.28. The van der Waals surface area contributed by atoms with Crippen LogP contribution in [0.5, 0.6) is 0 Å². The monoisotopic (exact) mass is 500 g/mol. The molecule has 0 amide bonds. The molecule has 3 aliphatic rings. The van der Waals surface area contributed by atoms with Gasteiger partial charge in [0.05, 0.1) is 0 Å². The van der Waals surface area contributed by atoms with Crippen molar-refractivity contribution in [2.45, 2.75) is 81.1 Å². The van der Waals surface area contributed by atoms with Crippen LogP contribution in [0.3, 0.4) is 0 Å². The normalized spacial score (nSPS) is 28.6. The first kappa shape index (κ1) is 24.0. The molecule has 1 aromatic heterocycles. The van der Waals surface area contributed by atoms with E-state index in [1.54, 1.807) is 0 Å². The highest BCUT2D eigenvalue weighted by molar-refractivity contribution is 7.09. The van der Waals surface area contributed by atoms with Crippen LogP contribution in [0.2, 0.25) is 0 Å². The summed E-state index contributed by atoms with van der Waals surface area (Å²) in [4.78, 5) is 12.1. The van der Waals surface area contributed by atoms with Crippen molar-refractivity contribution in [3.05, 3.63) is 16.1 Å². The summed E-state index contributed by atoms with van der Waals surface area (Å²) < 4.78 is 94.3. The molecule has 6 nitrogen and oxygen atoms in total. The van der Waals surface area contributed by atoms with Gasteiger partial charge in [0, 0.05) is 43.0 Å². The largest absolute Gasteiger partial charge is 0.434 e. The molecule has 1 atom stereocenters. The molecule has 2 aliphatic carbocycles. The molecular formula is C19H23F7N6S. The predicted molar refractivity (Wildman–Crippen MR) is 108 cm³/mol. The first-order chi connectivity index (χ1) is 15.3. The number of nitrogens with two attached hydrogens (primary N) is 1. The summed E-state index contributed by atoms with van der Waals surface area (Å²) >= 11 is 0.700. The van der Waals surface area contributed by atoms with Crippen LogP contribution in [-0.4, -0.2) is 34.8 Å². The molecule has 14 heteroatoms. The Balaban J connectivity index is 1.63. The average molecular weight is 500 g/mol. The molecule has 2 saturated carbocycles. The number of aliphatic imine (C=N–C) groups is 2. The van der Waals surface area contributed by atoms with Gasteiger partial charge in [0.1, 0.15) is 5.01 Å². The number of hydrogen-bond acceptors (Lipinski definition) is 7. The summed E-state index contributed by atoms with van der Waals surface area (Å²) in [5.74, 6) is -6.46. The van der Waals surface area contributed by atoms with E-state index in [1.165, 1.54) is 0 Å². The van der Waals surface area contributed by atoms with Gasteiger partial charge in [0.2, 0.25) is 23.8 Å². The Labute approximate surface area is 189 Å². The van der Waals surface area contributed by atoms with E-state index in [0.717, 1.165) is 5.38 Å². The molecule has 1 aliphatic heterocycles. The lowest BCUT2D eigenvalue weighted by atomic mass is 9.78. The van der Waals surface area contributed by atoms with Crippen LogP contribution < -0.4 is 16.4 Å². The maximum Gasteiger partial charge on any atom is 0.434 e. The van der Waals surface area contributed by atoms with Crippen molar-refractivity contribution in [1.82, 2.24) is 15.6 Å². The van der Waals surface area contributed by atoms with Crippen LogP contribution in [0.25, 0.3) is 0 Å². The molecule has 1 unspecified atom stereocenters. The van der Waals surface area contributed by atoms with E-state index in [9.17, 15) is 30.7 Å². The van der Waals surface area contributed by atoms with Crippen molar-refractivity contribution in [1.29, 1.82) is 0 Å². The SMILES string of the molecule is NC1=NC(c2nc(C(F)(F)F)cs2)(C2CCC(F)(F)CC2)NC(NC2CCC(F)(F)CC2)=N1. The van der Waals surface area contributed by atoms with Gasteiger partial charge in [-0.3, -0.25) is 0 Å². The lowest BCUT2D eigenvalue weighted by molar-refractivity contribution is -0.140. The van der Waals surface area contributed by atoms with E-state index in [1.807, 2.05) is 0 Å². The second kappa shape index (κ2) is 8.27. The van der Waals surface area contributed by atoms with Crippen molar-refractivity contribution in [2.75, 3.05) is 0 Å². The number of halogens is 7. The van der Waals surface area contributed by atoms with Crippen LogP contribution in [-0.2, 0) is 11.8 Å². The van der Waals surface area contributed by atoms with Crippen LogP contribution in [0.4, 0.5) is 30.7 Å². The Morgan fingerprint density at radius 2 is 1.58 bits per heavy atom. The molecule has 0 bridgehead atoms. The number of nitrogens with one attached hydrogen (secondary N) is 2. The molecule has 4 rings (SSSR count). The summed E-state index contributed by atoms with van der Waals surface area (Å²) in [6, 6.07) is -0.364. The van der Waals surface area contributed by atoms with E-state index in [4.69, 9.17) is 5.73 Å². The number of hydrogen-bond donors (Lipinski definition) is 3. The van der Waals surface area contributed by atoms with Gasteiger partial charge in [0.15, 0.2) is 11.4 Å². The standard InChI is InChI=1S/C19H23F7N6S/c20-16(21)5-1-10(2-6-16)18(13-29-12(9-33-13)19(24,25)26)31-14(27)30-15(32-18)28-11-3-7-17(22,23)8-4-11/h9-11H,1-8H2,(H4,27,28,30,31,32). The lowest BCUT2D eigenvalue weighted by Crippen LogP contribution is -2.59. The first-order valence-corrected chi connectivity index (χ1v) is 11.4. The van der Waals surface area contributed by atoms with E-state index in [0.29, 0.717) is 11.3 Å². The number of rotatable bonds is 3. The van der Waals surface area contributed by atoms with Crippen molar-refractivity contribution < 1.29 is 30.7 Å². The minimum atomic E-state index is -4.69. The van der Waals surface area contributed by atoms with Gasteiger partial charge in [-0.1, -0.05) is 0 Å². The third kappa shape index (κ3) is 5.19. The van der Waals surface area contributed by atoms with Crippen molar-refractivity contribution >= 4 is 23.3 Å². The summed E-state index contributed by atoms with van der Waals surface area (Å²) in [5, 5.41) is 6.72. The molecular weight excluding hydrogens is 477 g/mol. The third-order valence-electron chi connectivity index (χ3n) is 6.31. The zero-order valence-electron chi connectivity index (χ0n) is 17.4. The highest BCUT2D eigenvalue weighted by Gasteiger charge is 2.51. The number of alkyl halides is 7. The first-order valence-electron chi connectivity index (χ1n) is 10.6. The Bertz CT molecular complexity index is 923.